The van der Waals surface area contributed by atoms with Gasteiger partial charge in [0.25, 0.3) is 0 Å². The van der Waals surface area contributed by atoms with Gasteiger partial charge in [0.2, 0.25) is 0 Å². The number of alkyl halides is 6. The number of benzene rings is 2. The van der Waals surface area contributed by atoms with Gasteiger partial charge in [-0.2, -0.15) is 26.3 Å². The zero-order chi connectivity index (χ0) is 24.2. The third kappa shape index (κ3) is 4.43. The molecule has 0 bridgehead atoms. The van der Waals surface area contributed by atoms with E-state index in [0.29, 0.717) is 19.2 Å². The average Bonchev–Trinajstić information content (AvgIpc) is 2.64. The summed E-state index contributed by atoms with van der Waals surface area (Å²) in [6, 6.07) is 4.99. The summed E-state index contributed by atoms with van der Waals surface area (Å²) in [6.07, 6.45) is -11.5. The highest BCUT2D eigenvalue weighted by molar-refractivity contribution is 5.90. The van der Waals surface area contributed by atoms with Crippen LogP contribution in [-0.4, -0.2) is 39.3 Å². The number of halogens is 7. The number of amides is 1. The second-order valence-corrected chi connectivity index (χ2v) is 8.23. The standard InChI is InChI=1S/C21H18F7N3O2/c1-30(14-4-2-13(22)3-5-14)18(32)33-17-15(21(26,27)28)6-12(20(23,24)25)7-16(17)31-10-19(11-31)8-29-9-19/h2-7,29H,8-11H2,1H3. The summed E-state index contributed by atoms with van der Waals surface area (Å²) in [4.78, 5) is 14.8. The molecule has 2 aromatic carbocycles. The fourth-order valence-corrected chi connectivity index (χ4v) is 3.89. The summed E-state index contributed by atoms with van der Waals surface area (Å²) < 4.78 is 99.7. The molecule has 1 amide bonds. The molecule has 0 radical (unpaired) electrons. The SMILES string of the molecule is CN(C(=O)Oc1c(N2CC3(CNC3)C2)cc(C(F)(F)F)cc1C(F)(F)F)c1ccc(F)cc1. The van der Waals surface area contributed by atoms with E-state index in [9.17, 15) is 35.5 Å². The van der Waals surface area contributed by atoms with E-state index in [1.807, 2.05) is 0 Å². The molecule has 33 heavy (non-hydrogen) atoms. The summed E-state index contributed by atoms with van der Waals surface area (Å²) in [5.74, 6) is -1.60. The van der Waals surface area contributed by atoms with Crippen LogP contribution >= 0.6 is 0 Å². The molecule has 0 saturated carbocycles. The van der Waals surface area contributed by atoms with Crippen LogP contribution in [0.25, 0.3) is 0 Å². The van der Waals surface area contributed by atoms with Crippen molar-refractivity contribution in [2.75, 3.05) is 43.0 Å². The number of nitrogens with one attached hydrogen (secondary N) is 1. The van der Waals surface area contributed by atoms with Crippen molar-refractivity contribution in [3.63, 3.8) is 0 Å². The number of hydrogen-bond acceptors (Lipinski definition) is 4. The maximum absolute atomic E-state index is 13.8. The monoisotopic (exact) mass is 477 g/mol. The molecule has 12 heteroatoms. The highest BCUT2D eigenvalue weighted by atomic mass is 19.4. The summed E-state index contributed by atoms with van der Waals surface area (Å²) in [6.45, 7) is 1.63. The van der Waals surface area contributed by atoms with E-state index >= 15 is 0 Å². The molecule has 5 nitrogen and oxygen atoms in total. The van der Waals surface area contributed by atoms with Gasteiger partial charge in [0.05, 0.1) is 11.3 Å². The van der Waals surface area contributed by atoms with E-state index in [4.69, 9.17) is 4.74 Å². The number of ether oxygens (including phenoxy) is 1. The molecular weight excluding hydrogens is 459 g/mol. The Morgan fingerprint density at radius 2 is 1.64 bits per heavy atom. The van der Waals surface area contributed by atoms with Crippen molar-refractivity contribution >= 4 is 17.5 Å². The van der Waals surface area contributed by atoms with Gasteiger partial charge in [0.15, 0.2) is 5.75 Å². The third-order valence-corrected chi connectivity index (χ3v) is 5.77. The van der Waals surface area contributed by atoms with Gasteiger partial charge in [-0.25, -0.2) is 9.18 Å². The maximum Gasteiger partial charge on any atom is 0.420 e. The van der Waals surface area contributed by atoms with Crippen molar-refractivity contribution in [1.29, 1.82) is 0 Å². The Balaban J connectivity index is 1.74. The first-order valence-corrected chi connectivity index (χ1v) is 9.78. The largest absolute Gasteiger partial charge is 0.420 e. The van der Waals surface area contributed by atoms with Crippen molar-refractivity contribution in [3.05, 3.63) is 53.3 Å². The Morgan fingerprint density at radius 1 is 1.03 bits per heavy atom. The Bertz CT molecular complexity index is 1060. The van der Waals surface area contributed by atoms with Crippen LogP contribution in [0, 0.1) is 11.2 Å². The maximum atomic E-state index is 13.8. The van der Waals surface area contributed by atoms with E-state index < -0.39 is 46.8 Å². The lowest BCUT2D eigenvalue weighted by Gasteiger charge is -2.57. The molecule has 2 aliphatic heterocycles. The Morgan fingerprint density at radius 3 is 2.12 bits per heavy atom. The molecule has 2 saturated heterocycles. The van der Waals surface area contributed by atoms with Crippen LogP contribution in [0.5, 0.6) is 5.75 Å². The second kappa shape index (κ2) is 7.79. The van der Waals surface area contributed by atoms with Gasteiger partial charge in [-0.1, -0.05) is 0 Å². The van der Waals surface area contributed by atoms with Crippen molar-refractivity contribution in [2.24, 2.45) is 5.41 Å². The minimum atomic E-state index is -5.22. The molecule has 0 aliphatic carbocycles. The smallest absolute Gasteiger partial charge is 0.407 e. The lowest BCUT2D eigenvalue weighted by atomic mass is 9.74. The van der Waals surface area contributed by atoms with Gasteiger partial charge in [0, 0.05) is 44.3 Å². The van der Waals surface area contributed by atoms with Crippen LogP contribution < -0.4 is 19.9 Å². The second-order valence-electron chi connectivity index (χ2n) is 8.23. The van der Waals surface area contributed by atoms with Crippen molar-refractivity contribution in [1.82, 2.24) is 5.32 Å². The first kappa shape index (κ1) is 23.1. The zero-order valence-corrected chi connectivity index (χ0v) is 17.1. The van der Waals surface area contributed by atoms with Crippen LogP contribution in [0.1, 0.15) is 11.1 Å². The summed E-state index contributed by atoms with van der Waals surface area (Å²) in [7, 11) is 1.19. The number of rotatable bonds is 3. The fraction of sp³-hybridized carbons (Fsp3) is 0.381. The highest BCUT2D eigenvalue weighted by Crippen LogP contribution is 2.49. The molecule has 2 fully saturated rings. The van der Waals surface area contributed by atoms with Gasteiger partial charge in [-0.05, 0) is 36.4 Å². The average molecular weight is 477 g/mol. The molecule has 0 aromatic heterocycles. The molecular formula is C21H18F7N3O2. The molecule has 1 spiro atoms. The summed E-state index contributed by atoms with van der Waals surface area (Å²) in [5, 5.41) is 3.03. The van der Waals surface area contributed by atoms with Gasteiger partial charge >= 0.3 is 18.4 Å². The molecule has 178 valence electrons. The Hall–Kier alpha value is -3.02. The predicted molar refractivity (Wildman–Crippen MR) is 105 cm³/mol. The highest BCUT2D eigenvalue weighted by Gasteiger charge is 2.50. The normalized spacial score (nSPS) is 17.4. The number of carbonyl (C=O) groups excluding carboxylic acids is 1. The molecule has 2 aromatic rings. The molecule has 4 rings (SSSR count). The topological polar surface area (TPSA) is 44.8 Å². The minimum absolute atomic E-state index is 0.0650. The van der Waals surface area contributed by atoms with Crippen LogP contribution in [0.3, 0.4) is 0 Å². The number of anilines is 2. The molecule has 1 N–H and O–H groups in total. The zero-order valence-electron chi connectivity index (χ0n) is 17.1. The lowest BCUT2D eigenvalue weighted by Crippen LogP contribution is -2.71. The Labute approximate surface area is 183 Å². The predicted octanol–water partition coefficient (Wildman–Crippen LogP) is 4.91. The number of carbonyl (C=O) groups is 1. The van der Waals surface area contributed by atoms with Gasteiger partial charge in [-0.3, -0.25) is 4.90 Å². The van der Waals surface area contributed by atoms with Crippen LogP contribution in [-0.2, 0) is 12.4 Å². The van der Waals surface area contributed by atoms with E-state index in [-0.39, 0.29) is 30.3 Å². The quantitative estimate of drug-likeness (QED) is 0.639. The first-order chi connectivity index (χ1) is 15.3. The fourth-order valence-electron chi connectivity index (χ4n) is 3.89. The van der Waals surface area contributed by atoms with E-state index in [1.54, 1.807) is 0 Å². The van der Waals surface area contributed by atoms with E-state index in [1.165, 1.54) is 24.1 Å². The molecule has 0 unspecified atom stereocenters. The number of hydrogen-bond donors (Lipinski definition) is 1. The minimum Gasteiger partial charge on any atom is -0.407 e. The molecule has 2 aliphatic rings. The van der Waals surface area contributed by atoms with Gasteiger partial charge in [-0.15, -0.1) is 0 Å². The van der Waals surface area contributed by atoms with Crippen LogP contribution in [0.4, 0.5) is 46.9 Å². The first-order valence-electron chi connectivity index (χ1n) is 9.78. The van der Waals surface area contributed by atoms with Crippen LogP contribution in [0.15, 0.2) is 36.4 Å². The number of nitrogens with zero attached hydrogens (tertiary/aromatic N) is 2. The Kier molecular flexibility index (Phi) is 5.46. The summed E-state index contributed by atoms with van der Waals surface area (Å²) in [5.41, 5.74) is -3.77. The van der Waals surface area contributed by atoms with E-state index in [2.05, 4.69) is 5.32 Å². The molecule has 2 heterocycles. The van der Waals surface area contributed by atoms with Gasteiger partial charge in [0.1, 0.15) is 11.4 Å². The summed E-state index contributed by atoms with van der Waals surface area (Å²) >= 11 is 0. The van der Waals surface area contributed by atoms with Crippen molar-refractivity contribution in [3.8, 4) is 5.75 Å². The third-order valence-electron chi connectivity index (χ3n) is 5.77. The molecule has 0 atom stereocenters. The lowest BCUT2D eigenvalue weighted by molar-refractivity contribution is -0.143. The van der Waals surface area contributed by atoms with Crippen molar-refractivity contribution < 1.29 is 40.3 Å². The van der Waals surface area contributed by atoms with E-state index in [0.717, 1.165) is 17.0 Å². The van der Waals surface area contributed by atoms with Crippen LogP contribution in [0.2, 0.25) is 0 Å². The van der Waals surface area contributed by atoms with Gasteiger partial charge < -0.3 is 15.0 Å². The van der Waals surface area contributed by atoms with Crippen molar-refractivity contribution in [2.45, 2.75) is 12.4 Å².